The van der Waals surface area contributed by atoms with Crippen LogP contribution in [-0.4, -0.2) is 11.1 Å². The number of carbonyl (C=O) groups is 1. The van der Waals surface area contributed by atoms with E-state index >= 15 is 0 Å². The van der Waals surface area contributed by atoms with Gasteiger partial charge in [-0.3, -0.25) is 4.79 Å². The molecule has 0 saturated heterocycles. The minimum Gasteiger partial charge on any atom is -0.481 e. The zero-order valence-electron chi connectivity index (χ0n) is 9.60. The van der Waals surface area contributed by atoms with Gasteiger partial charge in [0.15, 0.2) is 0 Å². The Hall–Kier alpha value is -1.57. The smallest absolute Gasteiger partial charge is 0.310 e. The molecule has 1 aromatic carbocycles. The number of aliphatic carboxylic acids is 1. The highest BCUT2D eigenvalue weighted by molar-refractivity contribution is 5.71. The minimum absolute atomic E-state index is 0.337. The summed E-state index contributed by atoms with van der Waals surface area (Å²) < 4.78 is 0. The normalized spacial score (nSPS) is 12.8. The maximum Gasteiger partial charge on any atom is 0.310 e. The van der Waals surface area contributed by atoms with E-state index in [0.29, 0.717) is 6.42 Å². The summed E-state index contributed by atoms with van der Waals surface area (Å²) in [4.78, 5) is 10.7. The quantitative estimate of drug-likeness (QED) is 0.744. The number of hydrogen-bond acceptors (Lipinski definition) is 1. The molecule has 0 radical (unpaired) electrons. The van der Waals surface area contributed by atoms with E-state index in [2.05, 4.69) is 12.1 Å². The summed E-state index contributed by atoms with van der Waals surface area (Å²) in [5, 5.41) is 8.84. The Labute approximate surface area is 96.6 Å². The van der Waals surface area contributed by atoms with Gasteiger partial charge < -0.3 is 5.11 Å². The average molecular weight is 218 g/mol. The minimum atomic E-state index is -0.738. The molecule has 0 saturated carbocycles. The molecule has 0 spiro atoms. The molecule has 0 amide bonds. The van der Waals surface area contributed by atoms with E-state index in [0.717, 1.165) is 12.8 Å². The molecular weight excluding hydrogens is 200 g/mol. The molecule has 86 valence electrons. The lowest BCUT2D eigenvalue weighted by atomic mass is 10.0. The van der Waals surface area contributed by atoms with Crippen molar-refractivity contribution in [3.8, 4) is 0 Å². The number of carboxylic acid groups (broad SMARTS) is 1. The van der Waals surface area contributed by atoms with E-state index in [1.165, 1.54) is 5.56 Å². The molecule has 16 heavy (non-hydrogen) atoms. The summed E-state index contributed by atoms with van der Waals surface area (Å²) in [7, 11) is 0. The van der Waals surface area contributed by atoms with Crippen molar-refractivity contribution in [3.05, 3.63) is 48.0 Å². The largest absolute Gasteiger partial charge is 0.481 e. The lowest BCUT2D eigenvalue weighted by Gasteiger charge is -2.02. The Bertz CT molecular complexity index is 341. The third-order valence-electron chi connectivity index (χ3n) is 2.57. The highest BCUT2D eigenvalue weighted by atomic mass is 16.4. The van der Waals surface area contributed by atoms with Crippen LogP contribution >= 0.6 is 0 Å². The lowest BCUT2D eigenvalue weighted by molar-refractivity contribution is -0.140. The maximum atomic E-state index is 10.7. The summed E-state index contributed by atoms with van der Waals surface area (Å²) in [6, 6.07) is 10.2. The van der Waals surface area contributed by atoms with Gasteiger partial charge in [0.1, 0.15) is 0 Å². The van der Waals surface area contributed by atoms with E-state index < -0.39 is 5.97 Å². The molecule has 1 rings (SSSR count). The maximum absolute atomic E-state index is 10.7. The van der Waals surface area contributed by atoms with E-state index in [-0.39, 0.29) is 5.92 Å². The molecule has 1 unspecified atom stereocenters. The number of carboxylic acids is 1. The van der Waals surface area contributed by atoms with Crippen LogP contribution in [0.25, 0.3) is 0 Å². The van der Waals surface area contributed by atoms with E-state index in [1.807, 2.05) is 31.2 Å². The first kappa shape index (κ1) is 12.5. The molecule has 2 heteroatoms. The van der Waals surface area contributed by atoms with Gasteiger partial charge in [0.25, 0.3) is 0 Å². The second-order valence-electron chi connectivity index (χ2n) is 3.81. The van der Waals surface area contributed by atoms with Crippen molar-refractivity contribution >= 4 is 5.97 Å². The van der Waals surface area contributed by atoms with Crippen molar-refractivity contribution in [2.24, 2.45) is 5.92 Å². The van der Waals surface area contributed by atoms with Crippen molar-refractivity contribution < 1.29 is 9.90 Å². The predicted octanol–water partition coefficient (Wildman–Crippen LogP) is 3.29. The Morgan fingerprint density at radius 2 is 2.06 bits per heavy atom. The Kier molecular flexibility index (Phi) is 5.34. The van der Waals surface area contributed by atoms with Gasteiger partial charge in [0.05, 0.1) is 5.92 Å². The molecule has 0 aromatic heterocycles. The molecule has 1 aromatic rings. The number of rotatable bonds is 6. The summed E-state index contributed by atoms with van der Waals surface area (Å²) in [5.74, 6) is -1.07. The summed E-state index contributed by atoms with van der Waals surface area (Å²) in [6.07, 6.45) is 6.28. The SMILES string of the molecule is CCC(C=CCCc1ccccc1)C(=O)O. The van der Waals surface area contributed by atoms with Crippen LogP contribution in [-0.2, 0) is 11.2 Å². The van der Waals surface area contributed by atoms with Gasteiger partial charge in [0, 0.05) is 0 Å². The van der Waals surface area contributed by atoms with Gasteiger partial charge >= 0.3 is 5.97 Å². The zero-order chi connectivity index (χ0) is 11.8. The van der Waals surface area contributed by atoms with Crippen molar-refractivity contribution in [2.75, 3.05) is 0 Å². The van der Waals surface area contributed by atoms with E-state index in [4.69, 9.17) is 5.11 Å². The molecule has 1 atom stereocenters. The first-order valence-corrected chi connectivity index (χ1v) is 5.67. The predicted molar refractivity (Wildman–Crippen MR) is 65.3 cm³/mol. The van der Waals surface area contributed by atoms with Gasteiger partial charge in [-0.1, -0.05) is 49.4 Å². The molecule has 0 aliphatic rings. The highest BCUT2D eigenvalue weighted by Gasteiger charge is 2.09. The van der Waals surface area contributed by atoms with Gasteiger partial charge in [0.2, 0.25) is 0 Å². The van der Waals surface area contributed by atoms with Crippen LogP contribution in [0.3, 0.4) is 0 Å². The van der Waals surface area contributed by atoms with Gasteiger partial charge in [-0.2, -0.15) is 0 Å². The van der Waals surface area contributed by atoms with Crippen molar-refractivity contribution in [2.45, 2.75) is 26.2 Å². The first-order chi connectivity index (χ1) is 7.74. The second-order valence-corrected chi connectivity index (χ2v) is 3.81. The number of hydrogen-bond donors (Lipinski definition) is 1. The van der Waals surface area contributed by atoms with Crippen LogP contribution in [0.2, 0.25) is 0 Å². The zero-order valence-corrected chi connectivity index (χ0v) is 9.60. The van der Waals surface area contributed by atoms with Crippen molar-refractivity contribution in [1.82, 2.24) is 0 Å². The number of benzene rings is 1. The molecule has 0 fully saturated rings. The summed E-state index contributed by atoms with van der Waals surface area (Å²) in [6.45, 7) is 1.89. The van der Waals surface area contributed by atoms with Crippen LogP contribution < -0.4 is 0 Å². The number of aryl methyl sites for hydroxylation is 1. The molecule has 0 heterocycles. The van der Waals surface area contributed by atoms with Crippen molar-refractivity contribution in [1.29, 1.82) is 0 Å². The van der Waals surface area contributed by atoms with Crippen LogP contribution in [0, 0.1) is 5.92 Å². The van der Waals surface area contributed by atoms with E-state index in [9.17, 15) is 4.79 Å². The third-order valence-corrected chi connectivity index (χ3v) is 2.57. The highest BCUT2D eigenvalue weighted by Crippen LogP contribution is 2.07. The van der Waals surface area contributed by atoms with Crippen LogP contribution in [0.5, 0.6) is 0 Å². The van der Waals surface area contributed by atoms with Gasteiger partial charge in [-0.15, -0.1) is 0 Å². The Morgan fingerprint density at radius 3 is 2.62 bits per heavy atom. The standard InChI is InChI=1S/C14H18O2/c1-2-13(14(15)16)11-7-6-10-12-8-4-3-5-9-12/h3-5,7-9,11,13H,2,6,10H2,1H3,(H,15,16). The fourth-order valence-corrected chi connectivity index (χ4v) is 1.55. The molecule has 2 nitrogen and oxygen atoms in total. The fourth-order valence-electron chi connectivity index (χ4n) is 1.55. The third kappa shape index (κ3) is 4.30. The molecule has 0 aliphatic heterocycles. The summed E-state index contributed by atoms with van der Waals surface area (Å²) in [5.41, 5.74) is 1.29. The first-order valence-electron chi connectivity index (χ1n) is 5.67. The van der Waals surface area contributed by atoms with Crippen molar-refractivity contribution in [3.63, 3.8) is 0 Å². The molecular formula is C14H18O2. The Morgan fingerprint density at radius 1 is 1.38 bits per heavy atom. The second kappa shape index (κ2) is 6.83. The van der Waals surface area contributed by atoms with Gasteiger partial charge in [-0.25, -0.2) is 0 Å². The van der Waals surface area contributed by atoms with Crippen LogP contribution in [0.4, 0.5) is 0 Å². The van der Waals surface area contributed by atoms with Gasteiger partial charge in [-0.05, 0) is 24.8 Å². The monoisotopic (exact) mass is 218 g/mol. The van der Waals surface area contributed by atoms with Crippen LogP contribution in [0.1, 0.15) is 25.3 Å². The number of allylic oxidation sites excluding steroid dienone is 1. The molecule has 0 aliphatic carbocycles. The topological polar surface area (TPSA) is 37.3 Å². The molecule has 1 N–H and O–H groups in total. The summed E-state index contributed by atoms with van der Waals surface area (Å²) >= 11 is 0. The van der Waals surface area contributed by atoms with E-state index in [1.54, 1.807) is 6.08 Å². The average Bonchev–Trinajstić information content (AvgIpc) is 2.30. The lowest BCUT2D eigenvalue weighted by Crippen LogP contribution is -2.09. The Balaban J connectivity index is 2.35. The van der Waals surface area contributed by atoms with Crippen LogP contribution in [0.15, 0.2) is 42.5 Å². The fraction of sp³-hybridized carbons (Fsp3) is 0.357. The molecule has 0 bridgehead atoms.